The van der Waals surface area contributed by atoms with Gasteiger partial charge in [-0.15, -0.1) is 0 Å². The average Bonchev–Trinajstić information content (AvgIpc) is 3.28. The summed E-state index contributed by atoms with van der Waals surface area (Å²) in [6.07, 6.45) is 1.55. The molecule has 0 fully saturated rings. The first-order valence-electron chi connectivity index (χ1n) is 11.7. The summed E-state index contributed by atoms with van der Waals surface area (Å²) in [4.78, 5) is 18.2. The molecule has 2 heterocycles. The highest BCUT2D eigenvalue weighted by Gasteiger charge is 2.17. The Bertz CT molecular complexity index is 1710. The maximum absolute atomic E-state index is 13.5. The summed E-state index contributed by atoms with van der Waals surface area (Å²) in [5, 5.41) is 6.36. The molecule has 0 aliphatic heterocycles. The van der Waals surface area contributed by atoms with E-state index in [-0.39, 0.29) is 17.5 Å². The first-order valence-corrected chi connectivity index (χ1v) is 12.9. The number of halogens is 2. The minimum atomic E-state index is -0.320. The average molecular weight is 581 g/mol. The lowest BCUT2D eigenvalue weighted by Gasteiger charge is -2.16. The zero-order valence-electron chi connectivity index (χ0n) is 20.4. The van der Waals surface area contributed by atoms with Gasteiger partial charge in [-0.3, -0.25) is 4.79 Å². The molecule has 37 heavy (non-hydrogen) atoms. The van der Waals surface area contributed by atoms with Crippen LogP contribution in [0.25, 0.3) is 33.5 Å². The molecule has 9 heteroatoms. The number of nitrogens with zero attached hydrogens (tertiary/aromatic N) is 3. The zero-order valence-corrected chi connectivity index (χ0v) is 22.7. The van der Waals surface area contributed by atoms with Gasteiger partial charge in [0, 0.05) is 10.4 Å². The number of rotatable bonds is 7. The van der Waals surface area contributed by atoms with Gasteiger partial charge in [-0.1, -0.05) is 23.7 Å². The van der Waals surface area contributed by atoms with Crippen LogP contribution < -0.4 is 15.0 Å². The highest BCUT2D eigenvalue weighted by atomic mass is 79.9. The Morgan fingerprint density at radius 3 is 2.76 bits per heavy atom. The molecule has 0 amide bonds. The van der Waals surface area contributed by atoms with E-state index in [2.05, 4.69) is 21.0 Å². The van der Waals surface area contributed by atoms with Crippen molar-refractivity contribution < 1.29 is 13.9 Å². The normalized spacial score (nSPS) is 11.7. The van der Waals surface area contributed by atoms with Gasteiger partial charge in [-0.05, 0) is 90.8 Å². The minimum Gasteiger partial charge on any atom is -0.490 e. The molecule has 0 saturated heterocycles. The summed E-state index contributed by atoms with van der Waals surface area (Å²) in [5.41, 5.74) is 1.56. The number of para-hydroxylation sites is 1. The van der Waals surface area contributed by atoms with Crippen LogP contribution in [0.5, 0.6) is 11.5 Å². The number of aromatic nitrogens is 2. The SMILES string of the molecule is CCOc1cc(C=Nn2c(-c3cc4cc(Cl)ccc4o3)nc3ccccc3c2=O)cc(Br)c1OC(C)C. The van der Waals surface area contributed by atoms with E-state index in [1.54, 1.807) is 48.7 Å². The fourth-order valence-corrected chi connectivity index (χ4v) is 4.65. The Kier molecular flexibility index (Phi) is 7.04. The number of ether oxygens (including phenoxy) is 2. The lowest BCUT2D eigenvalue weighted by molar-refractivity contribution is 0.222. The Hall–Kier alpha value is -3.62. The molecule has 0 atom stereocenters. The maximum atomic E-state index is 13.5. The molecular formula is C28H23BrClN3O4. The van der Waals surface area contributed by atoms with E-state index in [0.717, 1.165) is 5.39 Å². The smallest absolute Gasteiger partial charge is 0.282 e. The largest absolute Gasteiger partial charge is 0.490 e. The molecule has 0 unspecified atom stereocenters. The molecule has 2 aromatic heterocycles. The van der Waals surface area contributed by atoms with E-state index in [1.807, 2.05) is 39.0 Å². The quantitative estimate of drug-likeness (QED) is 0.189. The van der Waals surface area contributed by atoms with Crippen molar-refractivity contribution in [1.82, 2.24) is 9.66 Å². The van der Waals surface area contributed by atoms with Crippen molar-refractivity contribution in [2.45, 2.75) is 26.9 Å². The van der Waals surface area contributed by atoms with E-state index in [1.165, 1.54) is 4.68 Å². The first kappa shape index (κ1) is 25.0. The second kappa shape index (κ2) is 10.4. The fourth-order valence-electron chi connectivity index (χ4n) is 3.91. The molecule has 0 bridgehead atoms. The third-order valence-corrected chi connectivity index (χ3v) is 6.28. The van der Waals surface area contributed by atoms with E-state index in [0.29, 0.717) is 55.4 Å². The minimum absolute atomic E-state index is 0.0291. The first-order chi connectivity index (χ1) is 17.8. The number of hydrogen-bond donors (Lipinski definition) is 0. The Balaban J connectivity index is 1.66. The van der Waals surface area contributed by atoms with Crippen LogP contribution in [0.15, 0.2) is 79.4 Å². The van der Waals surface area contributed by atoms with E-state index in [4.69, 9.17) is 30.5 Å². The highest BCUT2D eigenvalue weighted by Crippen LogP contribution is 2.37. The van der Waals surface area contributed by atoms with Gasteiger partial charge in [0.2, 0.25) is 5.82 Å². The van der Waals surface area contributed by atoms with Crippen molar-refractivity contribution >= 4 is 55.6 Å². The van der Waals surface area contributed by atoms with Gasteiger partial charge in [-0.25, -0.2) is 4.98 Å². The summed E-state index contributed by atoms with van der Waals surface area (Å²) in [7, 11) is 0. The second-order valence-electron chi connectivity index (χ2n) is 8.54. The van der Waals surface area contributed by atoms with Gasteiger partial charge in [0.1, 0.15) is 5.58 Å². The molecule has 5 rings (SSSR count). The topological polar surface area (TPSA) is 78.9 Å². The van der Waals surface area contributed by atoms with Gasteiger partial charge >= 0.3 is 0 Å². The van der Waals surface area contributed by atoms with Gasteiger partial charge in [0.25, 0.3) is 5.56 Å². The standard InChI is InChI=1S/C28H23BrClN3O4/c1-4-35-24-12-17(11-21(29)26(24)36-16(2)3)15-31-33-27(32-22-8-6-5-7-20(22)28(33)34)25-14-18-13-19(30)9-10-23(18)37-25/h5-16H,4H2,1-3H3. The van der Waals surface area contributed by atoms with Gasteiger partial charge in [-0.2, -0.15) is 9.78 Å². The Morgan fingerprint density at radius 2 is 1.97 bits per heavy atom. The molecular weight excluding hydrogens is 558 g/mol. The molecule has 5 aromatic rings. The second-order valence-corrected chi connectivity index (χ2v) is 9.83. The predicted octanol–water partition coefficient (Wildman–Crippen LogP) is 7.29. The van der Waals surface area contributed by atoms with Crippen LogP contribution in [-0.2, 0) is 0 Å². The van der Waals surface area contributed by atoms with Crippen LogP contribution in [0.2, 0.25) is 5.02 Å². The summed E-state index contributed by atoms with van der Waals surface area (Å²) in [6.45, 7) is 6.27. The summed E-state index contributed by atoms with van der Waals surface area (Å²) >= 11 is 9.73. The summed E-state index contributed by atoms with van der Waals surface area (Å²) in [6, 6.07) is 17.9. The molecule has 0 saturated carbocycles. The Morgan fingerprint density at radius 1 is 1.16 bits per heavy atom. The predicted molar refractivity (Wildman–Crippen MR) is 150 cm³/mol. The Labute approximate surface area is 226 Å². The number of fused-ring (bicyclic) bond motifs is 2. The van der Waals surface area contributed by atoms with Crippen molar-refractivity contribution in [3.63, 3.8) is 0 Å². The third kappa shape index (κ3) is 5.12. The number of furan rings is 1. The molecule has 188 valence electrons. The fraction of sp³-hybridized carbons (Fsp3) is 0.179. The lowest BCUT2D eigenvalue weighted by atomic mass is 10.2. The summed E-state index contributed by atoms with van der Waals surface area (Å²) < 4.78 is 19.7. The van der Waals surface area contributed by atoms with Crippen LogP contribution in [0.3, 0.4) is 0 Å². The molecule has 3 aromatic carbocycles. The molecule has 0 aliphatic carbocycles. The molecule has 0 N–H and O–H groups in total. The van der Waals surface area contributed by atoms with Gasteiger partial charge in [0.05, 0.1) is 34.3 Å². The van der Waals surface area contributed by atoms with Crippen LogP contribution in [-0.4, -0.2) is 28.6 Å². The van der Waals surface area contributed by atoms with E-state index in [9.17, 15) is 4.79 Å². The lowest BCUT2D eigenvalue weighted by Crippen LogP contribution is -2.20. The van der Waals surface area contributed by atoms with Gasteiger partial charge in [0.15, 0.2) is 17.3 Å². The van der Waals surface area contributed by atoms with E-state index >= 15 is 0 Å². The van der Waals surface area contributed by atoms with Crippen LogP contribution >= 0.6 is 27.5 Å². The molecule has 0 radical (unpaired) electrons. The van der Waals surface area contributed by atoms with Crippen LogP contribution in [0.1, 0.15) is 26.3 Å². The number of hydrogen-bond acceptors (Lipinski definition) is 6. The van der Waals surface area contributed by atoms with Crippen LogP contribution in [0, 0.1) is 0 Å². The molecule has 0 aliphatic rings. The monoisotopic (exact) mass is 579 g/mol. The van der Waals surface area contributed by atoms with Crippen molar-refractivity contribution in [2.75, 3.05) is 6.61 Å². The van der Waals surface area contributed by atoms with Crippen molar-refractivity contribution in [1.29, 1.82) is 0 Å². The molecule has 7 nitrogen and oxygen atoms in total. The maximum Gasteiger partial charge on any atom is 0.282 e. The van der Waals surface area contributed by atoms with Crippen LogP contribution in [0.4, 0.5) is 0 Å². The molecule has 0 spiro atoms. The van der Waals surface area contributed by atoms with Crippen molar-refractivity contribution in [3.05, 3.63) is 86.1 Å². The van der Waals surface area contributed by atoms with Crippen molar-refractivity contribution in [3.8, 4) is 23.1 Å². The summed E-state index contributed by atoms with van der Waals surface area (Å²) in [5.74, 6) is 1.86. The van der Waals surface area contributed by atoms with Gasteiger partial charge < -0.3 is 13.9 Å². The highest BCUT2D eigenvalue weighted by molar-refractivity contribution is 9.10. The zero-order chi connectivity index (χ0) is 26.1. The number of benzene rings is 3. The van der Waals surface area contributed by atoms with E-state index < -0.39 is 0 Å². The van der Waals surface area contributed by atoms with Crippen molar-refractivity contribution in [2.24, 2.45) is 5.10 Å². The third-order valence-electron chi connectivity index (χ3n) is 5.46.